The highest BCUT2D eigenvalue weighted by Gasteiger charge is 2.31. The molecule has 1 unspecified atom stereocenters. The molecule has 3 nitrogen and oxygen atoms in total. The predicted octanol–water partition coefficient (Wildman–Crippen LogP) is 7.72. The van der Waals surface area contributed by atoms with Gasteiger partial charge in [-0.2, -0.15) is 0 Å². The van der Waals surface area contributed by atoms with Crippen LogP contribution in [0.2, 0.25) is 0 Å². The second-order valence-electron chi connectivity index (χ2n) is 9.70. The van der Waals surface area contributed by atoms with Crippen LogP contribution in [0.1, 0.15) is 59.3 Å². The summed E-state index contributed by atoms with van der Waals surface area (Å²) >= 11 is 0. The summed E-state index contributed by atoms with van der Waals surface area (Å²) in [4.78, 5) is 2.23. The molecule has 6 rings (SSSR count). The normalized spacial score (nSPS) is 20.2. The maximum atomic E-state index is 12.6. The standard InChI is InChI=1S/C31H29FNO2.C2H6.2H2/c1-21-28-17-26(23-7-8-23)11-14-29(28)35-31(30(21)24-5-3-2-4-6-24)25-9-12-27(13-10-25)34-16-15-33-19-22(18-32)20-33;1-2;;/h5,7-14,17,22,31H,3,6,15-16,18-20H2,1H3;1-2H3;2*1H. The molecular weight excluding hydrogens is 461 g/mol. The number of ether oxygens (including phenoxy) is 2. The molecule has 37 heavy (non-hydrogen) atoms. The van der Waals surface area contributed by atoms with E-state index >= 15 is 0 Å². The maximum Gasteiger partial charge on any atom is 0.149 e. The Balaban J connectivity index is 0.00000103. The van der Waals surface area contributed by atoms with Crippen LogP contribution in [0.5, 0.6) is 11.5 Å². The molecule has 1 saturated heterocycles. The Bertz CT molecular complexity index is 1300. The van der Waals surface area contributed by atoms with Crippen LogP contribution in [0.4, 0.5) is 4.39 Å². The Hall–Kier alpha value is -3.29. The van der Waals surface area contributed by atoms with Crippen LogP contribution in [0.25, 0.3) is 11.1 Å². The van der Waals surface area contributed by atoms with Crippen LogP contribution in [-0.4, -0.2) is 37.8 Å². The lowest BCUT2D eigenvalue weighted by molar-refractivity contribution is 0.0668. The Morgan fingerprint density at radius 1 is 1.11 bits per heavy atom. The lowest BCUT2D eigenvalue weighted by Gasteiger charge is -2.37. The first-order chi connectivity index (χ1) is 18.2. The van der Waals surface area contributed by atoms with Gasteiger partial charge in [0.25, 0.3) is 0 Å². The fourth-order valence-corrected chi connectivity index (χ4v) is 5.18. The Morgan fingerprint density at radius 3 is 2.57 bits per heavy atom. The molecule has 0 N–H and O–H groups in total. The molecule has 2 aromatic carbocycles. The molecule has 2 heterocycles. The second kappa shape index (κ2) is 11.4. The number of rotatable bonds is 8. The summed E-state index contributed by atoms with van der Waals surface area (Å²) in [6.45, 7) is 9.11. The van der Waals surface area contributed by atoms with Gasteiger partial charge in [0, 0.05) is 58.8 Å². The Kier molecular flexibility index (Phi) is 7.82. The van der Waals surface area contributed by atoms with Gasteiger partial charge in [0.05, 0.1) is 6.67 Å². The average Bonchev–Trinajstić information content (AvgIpc) is 3.77. The van der Waals surface area contributed by atoms with Crippen LogP contribution >= 0.6 is 0 Å². The largest absolute Gasteiger partial charge is 0.492 e. The third kappa shape index (κ3) is 5.53. The molecule has 1 radical (unpaired) electrons. The van der Waals surface area contributed by atoms with Gasteiger partial charge in [0.1, 0.15) is 24.2 Å². The average molecular weight is 501 g/mol. The summed E-state index contributed by atoms with van der Waals surface area (Å²) in [6, 6.07) is 14.7. The minimum atomic E-state index is -0.218. The van der Waals surface area contributed by atoms with Gasteiger partial charge in [0.15, 0.2) is 0 Å². The van der Waals surface area contributed by atoms with Crippen molar-refractivity contribution in [3.05, 3.63) is 88.9 Å². The van der Waals surface area contributed by atoms with Crippen molar-refractivity contribution in [2.45, 2.75) is 39.7 Å². The molecule has 2 aliphatic carbocycles. The number of hydrogen-bond acceptors (Lipinski definition) is 3. The zero-order chi connectivity index (χ0) is 25.8. The van der Waals surface area contributed by atoms with Gasteiger partial charge < -0.3 is 9.47 Å². The number of hydrogen-bond donors (Lipinski definition) is 0. The van der Waals surface area contributed by atoms with Crippen LogP contribution in [-0.2, 0) is 0 Å². The minimum Gasteiger partial charge on any atom is -0.492 e. The van der Waals surface area contributed by atoms with Crippen LogP contribution in [0.15, 0.2) is 65.8 Å². The number of alkyl halides is 1. The van der Waals surface area contributed by atoms with Crippen molar-refractivity contribution in [3.63, 3.8) is 0 Å². The number of benzene rings is 2. The van der Waals surface area contributed by atoms with Crippen molar-refractivity contribution in [2.24, 2.45) is 5.92 Å². The second-order valence-corrected chi connectivity index (χ2v) is 9.70. The van der Waals surface area contributed by atoms with E-state index in [1.54, 1.807) is 0 Å². The van der Waals surface area contributed by atoms with E-state index in [1.807, 2.05) is 26.0 Å². The van der Waals surface area contributed by atoms with Crippen molar-refractivity contribution >= 4 is 11.1 Å². The third-order valence-electron chi connectivity index (χ3n) is 7.27. The number of halogens is 1. The zero-order valence-corrected chi connectivity index (χ0v) is 22.0. The summed E-state index contributed by atoms with van der Waals surface area (Å²) < 4.78 is 25.2. The zero-order valence-electron chi connectivity index (χ0n) is 22.0. The number of allylic oxidation sites excluding steroid dienone is 4. The molecule has 0 aromatic heterocycles. The molecule has 2 aliphatic heterocycles. The van der Waals surface area contributed by atoms with Gasteiger partial charge in [-0.15, -0.1) is 0 Å². The van der Waals surface area contributed by atoms with E-state index in [4.69, 9.17) is 9.47 Å². The first-order valence-corrected chi connectivity index (χ1v) is 13.4. The van der Waals surface area contributed by atoms with Crippen molar-refractivity contribution in [3.8, 4) is 23.3 Å². The lowest BCUT2D eigenvalue weighted by atomic mass is 9.83. The number of nitrogens with zero attached hydrogens (tertiary/aromatic N) is 1. The summed E-state index contributed by atoms with van der Waals surface area (Å²) in [5.74, 6) is 8.44. The van der Waals surface area contributed by atoms with E-state index in [0.717, 1.165) is 55.1 Å². The van der Waals surface area contributed by atoms with E-state index in [1.165, 1.54) is 27.9 Å². The molecule has 195 valence electrons. The van der Waals surface area contributed by atoms with Gasteiger partial charge in [-0.25, -0.2) is 0 Å². The maximum absolute atomic E-state index is 12.6. The summed E-state index contributed by atoms with van der Waals surface area (Å²) in [5.41, 5.74) is 8.55. The van der Waals surface area contributed by atoms with Gasteiger partial charge in [-0.1, -0.05) is 56.0 Å². The smallest absolute Gasteiger partial charge is 0.149 e. The fourth-order valence-electron chi connectivity index (χ4n) is 5.18. The molecule has 1 atom stereocenters. The first-order valence-electron chi connectivity index (χ1n) is 13.4. The van der Waals surface area contributed by atoms with Crippen LogP contribution in [0, 0.1) is 24.2 Å². The monoisotopic (exact) mass is 500 g/mol. The highest BCUT2D eigenvalue weighted by Crippen LogP contribution is 2.47. The number of likely N-dealkylation sites (tertiary alicyclic amines) is 1. The van der Waals surface area contributed by atoms with Gasteiger partial charge in [-0.05, 0) is 59.0 Å². The summed E-state index contributed by atoms with van der Waals surface area (Å²) in [5, 5.41) is 0. The van der Waals surface area contributed by atoms with Crippen molar-refractivity contribution in [1.29, 1.82) is 0 Å². The number of fused-ring (bicyclic) bond motifs is 1. The van der Waals surface area contributed by atoms with Gasteiger partial charge in [-0.3, -0.25) is 9.29 Å². The summed E-state index contributed by atoms with van der Waals surface area (Å²) in [6.07, 6.45) is 7.88. The molecule has 0 bridgehead atoms. The molecule has 1 fully saturated rings. The molecule has 4 heteroatoms. The lowest BCUT2D eigenvalue weighted by Crippen LogP contribution is -2.49. The van der Waals surface area contributed by atoms with Gasteiger partial charge in [0.2, 0.25) is 0 Å². The van der Waals surface area contributed by atoms with Gasteiger partial charge >= 0.3 is 0 Å². The SMILES string of the molecule is CC.CC1=C(C2=CCC#CC2)C(c2ccc(OCCN3CC(CF)C3)cc2)Oc2ccc(C3=C[CH]3)cc21.[HH].[HH]. The molecular formula is C33H39FNO2. The quantitative estimate of drug-likeness (QED) is 0.346. The highest BCUT2D eigenvalue weighted by molar-refractivity contribution is 5.89. The molecule has 0 saturated carbocycles. The van der Waals surface area contributed by atoms with E-state index < -0.39 is 0 Å². The topological polar surface area (TPSA) is 21.7 Å². The molecule has 0 amide bonds. The van der Waals surface area contributed by atoms with Crippen LogP contribution < -0.4 is 9.47 Å². The first kappa shape index (κ1) is 25.4. The molecule has 2 aromatic rings. The molecule has 4 aliphatic rings. The fraction of sp³-hybridized carbons (Fsp3) is 0.364. The van der Waals surface area contributed by atoms with E-state index in [-0.39, 0.29) is 21.5 Å². The van der Waals surface area contributed by atoms with Crippen molar-refractivity contribution in [1.82, 2.24) is 4.90 Å². The van der Waals surface area contributed by atoms with E-state index in [0.29, 0.717) is 6.61 Å². The van der Waals surface area contributed by atoms with E-state index in [2.05, 4.69) is 72.6 Å². The molecule has 0 spiro atoms. The predicted molar refractivity (Wildman–Crippen MR) is 153 cm³/mol. The minimum absolute atomic E-state index is 0. The Labute approximate surface area is 223 Å². The van der Waals surface area contributed by atoms with Crippen LogP contribution in [0.3, 0.4) is 0 Å². The Morgan fingerprint density at radius 2 is 1.89 bits per heavy atom. The van der Waals surface area contributed by atoms with Crippen molar-refractivity contribution in [2.75, 3.05) is 32.9 Å². The third-order valence-corrected chi connectivity index (χ3v) is 7.27. The van der Waals surface area contributed by atoms with E-state index in [9.17, 15) is 4.39 Å². The highest BCUT2D eigenvalue weighted by atomic mass is 19.1. The summed E-state index contributed by atoms with van der Waals surface area (Å²) in [7, 11) is 0. The van der Waals surface area contributed by atoms with Crippen molar-refractivity contribution < 1.29 is 16.7 Å².